The smallest absolute Gasteiger partial charge is 0.101 e. The van der Waals surface area contributed by atoms with Gasteiger partial charge >= 0.3 is 0 Å². The van der Waals surface area contributed by atoms with E-state index in [0.717, 1.165) is 143 Å². The van der Waals surface area contributed by atoms with Crippen LogP contribution in [0, 0.1) is 50.4 Å². The van der Waals surface area contributed by atoms with Gasteiger partial charge in [-0.1, -0.05) is 24.3 Å². The normalized spacial score (nSPS) is 13.7. The fraction of sp³-hybridized carbons (Fsp3) is 0.231. The fourth-order valence-electron chi connectivity index (χ4n) is 8.37. The number of aryl methyl sites for hydroxylation is 2. The number of anilines is 6. The monoisotopic (exact) mass is 872 g/mol. The van der Waals surface area contributed by atoms with Gasteiger partial charge in [0.2, 0.25) is 0 Å². The molecule has 0 radical (unpaired) electrons. The number of fused-ring (bicyclic) bond motifs is 2. The second-order valence-corrected chi connectivity index (χ2v) is 16.3. The Morgan fingerprint density at radius 1 is 0.545 bits per heavy atom. The Morgan fingerprint density at radius 2 is 0.970 bits per heavy atom. The molecule has 8 heterocycles. The highest BCUT2D eigenvalue weighted by Gasteiger charge is 2.20. The highest BCUT2D eigenvalue weighted by molar-refractivity contribution is 6.01. The lowest BCUT2D eigenvalue weighted by Gasteiger charge is -2.28. The first-order chi connectivity index (χ1) is 32.3. The van der Waals surface area contributed by atoms with Crippen LogP contribution in [0.15, 0.2) is 110 Å². The van der Waals surface area contributed by atoms with Crippen LogP contribution in [-0.4, -0.2) is 82.5 Å². The Bertz CT molecular complexity index is 2950. The second kappa shape index (κ2) is 19.4. The summed E-state index contributed by atoms with van der Waals surface area (Å²) in [6.07, 6.45) is 11.0. The van der Waals surface area contributed by atoms with Crippen molar-refractivity contribution < 1.29 is 9.47 Å². The molecule has 14 nitrogen and oxygen atoms in total. The molecule has 2 aliphatic heterocycles. The van der Waals surface area contributed by atoms with Gasteiger partial charge < -0.3 is 29.9 Å². The van der Waals surface area contributed by atoms with Gasteiger partial charge in [-0.25, -0.2) is 9.97 Å². The highest BCUT2D eigenvalue weighted by atomic mass is 16.5. The fourth-order valence-corrected chi connectivity index (χ4v) is 8.37. The van der Waals surface area contributed by atoms with Gasteiger partial charge in [0.25, 0.3) is 0 Å². The summed E-state index contributed by atoms with van der Waals surface area (Å²) in [4.78, 5) is 32.4. The van der Waals surface area contributed by atoms with Crippen molar-refractivity contribution in [1.82, 2.24) is 29.9 Å². The predicted molar refractivity (Wildman–Crippen MR) is 259 cm³/mol. The van der Waals surface area contributed by atoms with Crippen LogP contribution in [0.4, 0.5) is 34.1 Å². The Kier molecular flexibility index (Phi) is 12.7. The van der Waals surface area contributed by atoms with Gasteiger partial charge in [0, 0.05) is 60.5 Å². The number of pyridine rings is 6. The molecule has 2 aliphatic rings. The molecule has 2 N–H and O–H groups in total. The third-order valence-electron chi connectivity index (χ3n) is 11.8. The molecule has 2 saturated heterocycles. The average molecular weight is 873 g/mol. The summed E-state index contributed by atoms with van der Waals surface area (Å²) >= 11 is 0. The SMILES string of the molecule is Cc1ccnc(-c2nc3c(C#N)cccc3c(Nc3cncc(N4CCOCC4)c3)c2C)c1.Cc1ccnc(-c2nc3c(C#N)cccc3c(Nc3cncc(N4CCOCC4)c3)c2C)c1. The molecule has 2 fully saturated rings. The first-order valence-electron chi connectivity index (χ1n) is 21.9. The number of benzene rings is 2. The first kappa shape index (κ1) is 43.2. The molecule has 10 rings (SSSR count). The topological polar surface area (TPSA) is 174 Å². The van der Waals surface area contributed by atoms with Gasteiger partial charge in [0.15, 0.2) is 0 Å². The molecule has 0 atom stereocenters. The van der Waals surface area contributed by atoms with Crippen molar-refractivity contribution in [2.75, 3.05) is 73.0 Å². The Morgan fingerprint density at radius 3 is 1.36 bits per heavy atom. The Hall–Kier alpha value is -8.04. The molecule has 66 heavy (non-hydrogen) atoms. The molecule has 0 aliphatic carbocycles. The van der Waals surface area contributed by atoms with Crippen molar-refractivity contribution >= 4 is 55.9 Å². The van der Waals surface area contributed by atoms with E-state index in [0.29, 0.717) is 22.2 Å². The molecule has 8 aromatic rings. The first-order valence-corrected chi connectivity index (χ1v) is 21.9. The van der Waals surface area contributed by atoms with Crippen LogP contribution in [0.25, 0.3) is 44.6 Å². The van der Waals surface area contributed by atoms with E-state index in [1.807, 2.05) is 101 Å². The van der Waals surface area contributed by atoms with E-state index in [2.05, 4.69) is 64.6 Å². The molecule has 328 valence electrons. The van der Waals surface area contributed by atoms with E-state index in [1.54, 1.807) is 24.5 Å². The maximum Gasteiger partial charge on any atom is 0.101 e. The van der Waals surface area contributed by atoms with Crippen molar-refractivity contribution in [3.8, 4) is 34.9 Å². The summed E-state index contributed by atoms with van der Waals surface area (Å²) in [5.41, 5.74) is 15.3. The summed E-state index contributed by atoms with van der Waals surface area (Å²) in [5.74, 6) is 0. The van der Waals surface area contributed by atoms with Crippen molar-refractivity contribution in [3.05, 3.63) is 143 Å². The number of nitrogens with zero attached hydrogens (tertiary/aromatic N) is 10. The summed E-state index contributed by atoms with van der Waals surface area (Å²) in [7, 11) is 0. The van der Waals surface area contributed by atoms with Gasteiger partial charge in [-0.3, -0.25) is 19.9 Å². The van der Waals surface area contributed by atoms with Crippen LogP contribution in [0.3, 0.4) is 0 Å². The van der Waals surface area contributed by atoms with E-state index < -0.39 is 0 Å². The summed E-state index contributed by atoms with van der Waals surface area (Å²) < 4.78 is 11.0. The lowest BCUT2D eigenvalue weighted by atomic mass is 10.0. The molecule has 0 bridgehead atoms. The second-order valence-electron chi connectivity index (χ2n) is 16.3. The van der Waals surface area contributed by atoms with E-state index in [-0.39, 0.29) is 0 Å². The standard InChI is InChI=1S/2C26H24N6O/c2*1-17-6-7-29-23(12-17)25-18(2)24(22-5-3-4-19(14-27)26(22)31-25)30-20-13-21(16-28-15-20)32-8-10-33-11-9-32/h2*3-7,12-13,15-16H,8-11H2,1-2H3,(H,30,31). The van der Waals surface area contributed by atoms with Crippen LogP contribution < -0.4 is 20.4 Å². The zero-order chi connectivity index (χ0) is 45.6. The lowest BCUT2D eigenvalue weighted by Crippen LogP contribution is -2.36. The third kappa shape index (κ3) is 9.14. The van der Waals surface area contributed by atoms with Crippen LogP contribution in [0.5, 0.6) is 0 Å². The van der Waals surface area contributed by atoms with Crippen molar-refractivity contribution in [3.63, 3.8) is 0 Å². The van der Waals surface area contributed by atoms with E-state index in [9.17, 15) is 10.5 Å². The van der Waals surface area contributed by atoms with Crippen LogP contribution in [-0.2, 0) is 9.47 Å². The predicted octanol–water partition coefficient (Wildman–Crippen LogP) is 9.52. The van der Waals surface area contributed by atoms with Crippen LogP contribution >= 0.6 is 0 Å². The zero-order valence-corrected chi connectivity index (χ0v) is 37.3. The zero-order valence-electron chi connectivity index (χ0n) is 37.3. The van der Waals surface area contributed by atoms with Crippen molar-refractivity contribution in [2.24, 2.45) is 0 Å². The molecular formula is C52H48N12O2. The Labute approximate surface area is 383 Å². The molecule has 6 aromatic heterocycles. The molecule has 2 aromatic carbocycles. The summed E-state index contributed by atoms with van der Waals surface area (Å²) in [6.45, 7) is 14.4. The molecule has 0 spiro atoms. The quantitative estimate of drug-likeness (QED) is 0.148. The van der Waals surface area contributed by atoms with Crippen molar-refractivity contribution in [2.45, 2.75) is 27.7 Å². The summed E-state index contributed by atoms with van der Waals surface area (Å²) in [5, 5.41) is 28.4. The van der Waals surface area contributed by atoms with Gasteiger partial charge in [-0.15, -0.1) is 0 Å². The van der Waals surface area contributed by atoms with E-state index in [4.69, 9.17) is 19.4 Å². The van der Waals surface area contributed by atoms with Gasteiger partial charge in [-0.2, -0.15) is 10.5 Å². The number of ether oxygens (including phenoxy) is 2. The van der Waals surface area contributed by atoms with Crippen molar-refractivity contribution in [1.29, 1.82) is 10.5 Å². The number of para-hydroxylation sites is 2. The van der Waals surface area contributed by atoms with Crippen LogP contribution in [0.1, 0.15) is 33.4 Å². The molecular weight excluding hydrogens is 825 g/mol. The third-order valence-corrected chi connectivity index (χ3v) is 11.8. The number of morpholine rings is 2. The van der Waals surface area contributed by atoms with Gasteiger partial charge in [0.1, 0.15) is 12.1 Å². The highest BCUT2D eigenvalue weighted by Crippen LogP contribution is 2.38. The molecule has 0 saturated carbocycles. The molecule has 0 unspecified atom stereocenters. The van der Waals surface area contributed by atoms with Gasteiger partial charge in [-0.05, 0) is 87.4 Å². The van der Waals surface area contributed by atoms with E-state index >= 15 is 0 Å². The number of nitrogens with one attached hydrogen (secondary N) is 2. The van der Waals surface area contributed by atoms with E-state index in [1.165, 1.54) is 0 Å². The molecule has 0 amide bonds. The van der Waals surface area contributed by atoms with Gasteiger partial charge in [0.05, 0.1) is 130 Å². The maximum absolute atomic E-state index is 9.72. The number of hydrogen-bond acceptors (Lipinski definition) is 14. The van der Waals surface area contributed by atoms with Crippen LogP contribution in [0.2, 0.25) is 0 Å². The molecule has 14 heteroatoms. The number of hydrogen-bond donors (Lipinski definition) is 2. The minimum absolute atomic E-state index is 0.532. The minimum atomic E-state index is 0.532. The largest absolute Gasteiger partial charge is 0.378 e. The minimum Gasteiger partial charge on any atom is -0.378 e. The Balaban J connectivity index is 0.000000166. The number of nitriles is 2. The number of rotatable bonds is 8. The number of aromatic nitrogens is 6. The average Bonchev–Trinajstić information content (AvgIpc) is 3.36. The summed E-state index contributed by atoms with van der Waals surface area (Å²) in [6, 6.07) is 28.1. The maximum atomic E-state index is 9.72. The lowest BCUT2D eigenvalue weighted by molar-refractivity contribution is 0.122.